The van der Waals surface area contributed by atoms with Crippen molar-refractivity contribution in [3.63, 3.8) is 0 Å². The first-order valence-electron chi connectivity index (χ1n) is 6.18. The number of hydrogen-bond acceptors (Lipinski definition) is 2. The van der Waals surface area contributed by atoms with Crippen molar-refractivity contribution < 1.29 is 9.53 Å². The second-order valence-electron chi connectivity index (χ2n) is 4.38. The van der Waals surface area contributed by atoms with E-state index in [1.807, 2.05) is 42.5 Å². The summed E-state index contributed by atoms with van der Waals surface area (Å²) in [4.78, 5) is 10.7. The molecule has 2 nitrogen and oxygen atoms in total. The van der Waals surface area contributed by atoms with Gasteiger partial charge in [-0.25, -0.2) is 0 Å². The molecule has 0 atom stereocenters. The summed E-state index contributed by atoms with van der Waals surface area (Å²) in [5.41, 5.74) is 0.455. The first kappa shape index (κ1) is 12.7. The number of fused-ring (bicyclic) bond motifs is 1. The van der Waals surface area contributed by atoms with Gasteiger partial charge in [0, 0.05) is 17.0 Å². The molecule has 3 aromatic carbocycles. The van der Waals surface area contributed by atoms with E-state index in [1.54, 1.807) is 18.2 Å². The van der Waals surface area contributed by atoms with Gasteiger partial charge in [-0.05, 0) is 23.6 Å². The monoisotopic (exact) mass is 282 g/mol. The lowest BCUT2D eigenvalue weighted by Gasteiger charge is -2.09. The van der Waals surface area contributed by atoms with Crippen molar-refractivity contribution in [2.75, 3.05) is 0 Å². The Morgan fingerprint density at radius 1 is 0.950 bits per heavy atom. The SMILES string of the molecule is O=Cc1ccc(Oc2cccc3ccccc23)cc1Cl. The molecule has 0 saturated heterocycles. The zero-order valence-corrected chi connectivity index (χ0v) is 11.3. The highest BCUT2D eigenvalue weighted by Crippen LogP contribution is 2.31. The summed E-state index contributed by atoms with van der Waals surface area (Å²) in [5, 5.41) is 2.53. The number of ether oxygens (including phenoxy) is 1. The minimum absolute atomic E-state index is 0.387. The molecular formula is C17H11ClO2. The van der Waals surface area contributed by atoms with Crippen molar-refractivity contribution in [3.8, 4) is 11.5 Å². The number of carbonyl (C=O) groups is 1. The summed E-state index contributed by atoms with van der Waals surface area (Å²) >= 11 is 6.00. The zero-order valence-electron chi connectivity index (χ0n) is 10.5. The molecule has 0 spiro atoms. The number of halogens is 1. The van der Waals surface area contributed by atoms with Crippen LogP contribution in [0.3, 0.4) is 0 Å². The number of rotatable bonds is 3. The van der Waals surface area contributed by atoms with Crippen molar-refractivity contribution >= 4 is 28.7 Å². The van der Waals surface area contributed by atoms with Gasteiger partial charge in [0.25, 0.3) is 0 Å². The van der Waals surface area contributed by atoms with E-state index in [-0.39, 0.29) is 0 Å². The van der Waals surface area contributed by atoms with E-state index in [0.29, 0.717) is 16.3 Å². The molecule has 0 bridgehead atoms. The third kappa shape index (κ3) is 2.38. The normalized spacial score (nSPS) is 10.4. The summed E-state index contributed by atoms with van der Waals surface area (Å²) in [6, 6.07) is 18.9. The van der Waals surface area contributed by atoms with Gasteiger partial charge in [-0.15, -0.1) is 0 Å². The Bertz CT molecular complexity index is 776. The van der Waals surface area contributed by atoms with Crippen LogP contribution in [-0.2, 0) is 0 Å². The first-order valence-corrected chi connectivity index (χ1v) is 6.56. The Hall–Kier alpha value is -2.32. The van der Waals surface area contributed by atoms with Crippen molar-refractivity contribution in [2.24, 2.45) is 0 Å². The molecule has 0 radical (unpaired) electrons. The molecule has 0 aromatic heterocycles. The van der Waals surface area contributed by atoms with Crippen LogP contribution in [-0.4, -0.2) is 6.29 Å². The highest BCUT2D eigenvalue weighted by atomic mass is 35.5. The fourth-order valence-electron chi connectivity index (χ4n) is 2.08. The summed E-state index contributed by atoms with van der Waals surface area (Å²) in [7, 11) is 0. The van der Waals surface area contributed by atoms with E-state index in [2.05, 4.69) is 0 Å². The zero-order chi connectivity index (χ0) is 13.9. The van der Waals surface area contributed by atoms with Gasteiger partial charge in [0.1, 0.15) is 11.5 Å². The molecule has 0 aliphatic heterocycles. The minimum Gasteiger partial charge on any atom is -0.457 e. The van der Waals surface area contributed by atoms with Crippen molar-refractivity contribution in [2.45, 2.75) is 0 Å². The topological polar surface area (TPSA) is 26.3 Å². The predicted molar refractivity (Wildman–Crippen MR) is 80.9 cm³/mol. The van der Waals surface area contributed by atoms with Crippen LogP contribution in [0.1, 0.15) is 10.4 Å². The molecule has 0 fully saturated rings. The summed E-state index contributed by atoms with van der Waals surface area (Å²) in [6.45, 7) is 0. The molecule has 0 unspecified atom stereocenters. The van der Waals surface area contributed by atoms with Crippen LogP contribution in [0.25, 0.3) is 10.8 Å². The van der Waals surface area contributed by atoms with Crippen LogP contribution < -0.4 is 4.74 Å². The van der Waals surface area contributed by atoms with Gasteiger partial charge < -0.3 is 4.74 Å². The van der Waals surface area contributed by atoms with Crippen molar-refractivity contribution in [1.82, 2.24) is 0 Å². The van der Waals surface area contributed by atoms with E-state index in [0.717, 1.165) is 22.8 Å². The molecule has 98 valence electrons. The van der Waals surface area contributed by atoms with Gasteiger partial charge in [-0.3, -0.25) is 4.79 Å². The molecule has 3 rings (SSSR count). The van der Waals surface area contributed by atoms with Crippen LogP contribution in [0.2, 0.25) is 5.02 Å². The standard InChI is InChI=1S/C17H11ClO2/c18-16-10-14(9-8-13(16)11-19)20-17-7-3-5-12-4-1-2-6-15(12)17/h1-11H. The van der Waals surface area contributed by atoms with Gasteiger partial charge in [0.05, 0.1) is 5.02 Å². The first-order chi connectivity index (χ1) is 9.78. The Morgan fingerprint density at radius 3 is 2.55 bits per heavy atom. The Kier molecular flexibility index (Phi) is 3.40. The Balaban J connectivity index is 2.01. The average Bonchev–Trinajstić information content (AvgIpc) is 2.48. The maximum absolute atomic E-state index is 10.7. The number of aldehydes is 1. The molecule has 0 saturated carbocycles. The quantitative estimate of drug-likeness (QED) is 0.625. The van der Waals surface area contributed by atoms with E-state index in [9.17, 15) is 4.79 Å². The lowest BCUT2D eigenvalue weighted by Crippen LogP contribution is -1.88. The molecule has 0 amide bonds. The van der Waals surface area contributed by atoms with E-state index >= 15 is 0 Å². The molecular weight excluding hydrogens is 272 g/mol. The number of carbonyl (C=O) groups excluding carboxylic acids is 1. The smallest absolute Gasteiger partial charge is 0.151 e. The van der Waals surface area contributed by atoms with Crippen LogP contribution in [0, 0.1) is 0 Å². The van der Waals surface area contributed by atoms with Gasteiger partial charge in [-0.1, -0.05) is 48.0 Å². The molecule has 0 heterocycles. The largest absolute Gasteiger partial charge is 0.457 e. The highest BCUT2D eigenvalue weighted by Gasteiger charge is 2.05. The Labute approximate surface area is 121 Å². The highest BCUT2D eigenvalue weighted by molar-refractivity contribution is 6.33. The molecule has 3 heteroatoms. The maximum atomic E-state index is 10.7. The lowest BCUT2D eigenvalue weighted by atomic mass is 10.1. The average molecular weight is 283 g/mol. The second-order valence-corrected chi connectivity index (χ2v) is 4.79. The predicted octanol–water partition coefficient (Wildman–Crippen LogP) is 5.10. The second kappa shape index (κ2) is 5.35. The lowest BCUT2D eigenvalue weighted by molar-refractivity contribution is 0.112. The van der Waals surface area contributed by atoms with Crippen molar-refractivity contribution in [1.29, 1.82) is 0 Å². The molecule has 20 heavy (non-hydrogen) atoms. The summed E-state index contributed by atoms with van der Waals surface area (Å²) in [6.07, 6.45) is 0.726. The third-order valence-electron chi connectivity index (χ3n) is 3.08. The summed E-state index contributed by atoms with van der Waals surface area (Å²) in [5.74, 6) is 1.37. The van der Waals surface area contributed by atoms with Gasteiger partial charge >= 0.3 is 0 Å². The minimum atomic E-state index is 0.387. The molecule has 3 aromatic rings. The fourth-order valence-corrected chi connectivity index (χ4v) is 2.29. The Morgan fingerprint density at radius 2 is 1.75 bits per heavy atom. The van der Waals surface area contributed by atoms with Crippen LogP contribution >= 0.6 is 11.6 Å². The molecule has 0 N–H and O–H groups in total. The van der Waals surface area contributed by atoms with E-state index in [1.165, 1.54) is 0 Å². The molecule has 0 aliphatic rings. The number of benzene rings is 3. The van der Waals surface area contributed by atoms with Gasteiger partial charge in [0.2, 0.25) is 0 Å². The number of hydrogen-bond donors (Lipinski definition) is 0. The maximum Gasteiger partial charge on any atom is 0.151 e. The van der Waals surface area contributed by atoms with Crippen LogP contribution in [0.15, 0.2) is 60.7 Å². The van der Waals surface area contributed by atoms with Crippen molar-refractivity contribution in [3.05, 3.63) is 71.2 Å². The fraction of sp³-hybridized carbons (Fsp3) is 0. The van der Waals surface area contributed by atoms with Crippen LogP contribution in [0.4, 0.5) is 0 Å². The summed E-state index contributed by atoms with van der Waals surface area (Å²) < 4.78 is 5.87. The van der Waals surface area contributed by atoms with E-state index in [4.69, 9.17) is 16.3 Å². The third-order valence-corrected chi connectivity index (χ3v) is 3.40. The van der Waals surface area contributed by atoms with Gasteiger partial charge in [-0.2, -0.15) is 0 Å². The van der Waals surface area contributed by atoms with Crippen LogP contribution in [0.5, 0.6) is 11.5 Å². The van der Waals surface area contributed by atoms with Gasteiger partial charge in [0.15, 0.2) is 6.29 Å². The van der Waals surface area contributed by atoms with E-state index < -0.39 is 0 Å². The molecule has 0 aliphatic carbocycles.